The van der Waals surface area contributed by atoms with Crippen LogP contribution in [0.25, 0.3) is 0 Å². The molecule has 1 fully saturated rings. The van der Waals surface area contributed by atoms with Gasteiger partial charge in [0.2, 0.25) is 5.91 Å². The molecule has 0 saturated carbocycles. The van der Waals surface area contributed by atoms with Gasteiger partial charge in [-0.2, -0.15) is 13.2 Å². The van der Waals surface area contributed by atoms with Crippen LogP contribution >= 0.6 is 0 Å². The maximum absolute atomic E-state index is 11.8. The van der Waals surface area contributed by atoms with Crippen molar-refractivity contribution in [2.45, 2.75) is 31.5 Å². The third-order valence-corrected chi connectivity index (χ3v) is 2.65. The lowest BCUT2D eigenvalue weighted by molar-refractivity contribution is -0.129. The van der Waals surface area contributed by atoms with Gasteiger partial charge >= 0.3 is 6.18 Å². The van der Waals surface area contributed by atoms with Crippen LogP contribution in [0.1, 0.15) is 19.8 Å². The minimum absolute atomic E-state index is 0.323. The van der Waals surface area contributed by atoms with Crippen LogP contribution in [0.3, 0.4) is 0 Å². The summed E-state index contributed by atoms with van der Waals surface area (Å²) in [5, 5.41) is 4.80. The molecule has 0 aliphatic carbocycles. The van der Waals surface area contributed by atoms with Crippen molar-refractivity contribution in [1.82, 2.24) is 10.6 Å². The highest BCUT2D eigenvalue weighted by Gasteiger charge is 2.30. The van der Waals surface area contributed by atoms with Crippen LogP contribution in [0.15, 0.2) is 0 Å². The maximum atomic E-state index is 11.8. The zero-order valence-electron chi connectivity index (χ0n) is 9.69. The monoisotopic (exact) mass is 254 g/mol. The molecule has 100 valence electrons. The van der Waals surface area contributed by atoms with Crippen LogP contribution in [0.5, 0.6) is 0 Å². The van der Waals surface area contributed by atoms with Gasteiger partial charge in [0.1, 0.15) is 0 Å². The smallest absolute Gasteiger partial charge is 0.381 e. The Kier molecular flexibility index (Phi) is 4.76. The Morgan fingerprint density at radius 1 is 1.35 bits per heavy atom. The number of nitrogens with one attached hydrogen (secondary N) is 2. The lowest BCUT2D eigenvalue weighted by Crippen LogP contribution is -2.52. The highest BCUT2D eigenvalue weighted by atomic mass is 19.4. The van der Waals surface area contributed by atoms with Crippen molar-refractivity contribution in [1.29, 1.82) is 0 Å². The predicted octanol–water partition coefficient (Wildman–Crippen LogP) is 0.824. The summed E-state index contributed by atoms with van der Waals surface area (Å²) in [5.74, 6) is -0.418. The third-order valence-electron chi connectivity index (χ3n) is 2.65. The number of amides is 1. The van der Waals surface area contributed by atoms with E-state index in [9.17, 15) is 18.0 Å². The summed E-state index contributed by atoms with van der Waals surface area (Å²) >= 11 is 0. The van der Waals surface area contributed by atoms with Gasteiger partial charge in [0.15, 0.2) is 0 Å². The van der Waals surface area contributed by atoms with Crippen molar-refractivity contribution in [3.63, 3.8) is 0 Å². The largest absolute Gasteiger partial charge is 0.401 e. The molecule has 0 spiro atoms. The second kappa shape index (κ2) is 5.68. The molecule has 0 radical (unpaired) electrons. The van der Waals surface area contributed by atoms with E-state index in [1.165, 1.54) is 0 Å². The van der Waals surface area contributed by atoms with Gasteiger partial charge in [-0.1, -0.05) is 0 Å². The molecule has 1 saturated heterocycles. The first-order valence-electron chi connectivity index (χ1n) is 5.47. The van der Waals surface area contributed by atoms with E-state index in [1.807, 2.05) is 6.92 Å². The topological polar surface area (TPSA) is 50.4 Å². The van der Waals surface area contributed by atoms with Gasteiger partial charge in [0.05, 0.1) is 13.1 Å². The van der Waals surface area contributed by atoms with Crippen LogP contribution in [0.4, 0.5) is 13.2 Å². The fraction of sp³-hybridized carbons (Fsp3) is 0.900. The van der Waals surface area contributed by atoms with E-state index in [2.05, 4.69) is 10.6 Å². The molecule has 0 unspecified atom stereocenters. The zero-order chi connectivity index (χ0) is 12.9. The molecular weight excluding hydrogens is 237 g/mol. The number of carbonyl (C=O) groups is 1. The van der Waals surface area contributed by atoms with Crippen LogP contribution in [0, 0.1) is 0 Å². The molecule has 0 bridgehead atoms. The summed E-state index contributed by atoms with van der Waals surface area (Å²) in [4.78, 5) is 11.4. The van der Waals surface area contributed by atoms with Gasteiger partial charge in [0, 0.05) is 18.8 Å². The number of alkyl halides is 3. The normalized spacial score (nSPS) is 20.0. The van der Waals surface area contributed by atoms with Crippen molar-refractivity contribution in [3.8, 4) is 0 Å². The molecule has 7 heteroatoms. The Morgan fingerprint density at radius 3 is 2.47 bits per heavy atom. The molecule has 1 amide bonds. The van der Waals surface area contributed by atoms with E-state index in [4.69, 9.17) is 4.74 Å². The van der Waals surface area contributed by atoms with Gasteiger partial charge in [-0.05, 0) is 19.8 Å². The lowest BCUT2D eigenvalue weighted by atomic mass is 9.92. The molecule has 1 rings (SSSR count). The minimum Gasteiger partial charge on any atom is -0.381 e. The number of halogens is 3. The SMILES string of the molecule is CC1(NC(=O)CNCC(F)(F)F)CCOCC1. The Labute approximate surface area is 97.9 Å². The van der Waals surface area contributed by atoms with E-state index in [1.54, 1.807) is 0 Å². The van der Waals surface area contributed by atoms with Gasteiger partial charge < -0.3 is 15.4 Å². The van der Waals surface area contributed by atoms with Crippen molar-refractivity contribution in [3.05, 3.63) is 0 Å². The van der Waals surface area contributed by atoms with Gasteiger partial charge in [0.25, 0.3) is 0 Å². The lowest BCUT2D eigenvalue weighted by Gasteiger charge is -2.34. The van der Waals surface area contributed by atoms with E-state index in [-0.39, 0.29) is 12.1 Å². The number of ether oxygens (including phenoxy) is 1. The Balaban J connectivity index is 2.24. The number of hydrogen-bond donors (Lipinski definition) is 2. The van der Waals surface area contributed by atoms with Crippen molar-refractivity contribution >= 4 is 5.91 Å². The fourth-order valence-electron chi connectivity index (χ4n) is 1.65. The molecule has 1 aliphatic heterocycles. The predicted molar refractivity (Wildman–Crippen MR) is 55.5 cm³/mol. The third kappa shape index (κ3) is 5.88. The summed E-state index contributed by atoms with van der Waals surface area (Å²) in [7, 11) is 0. The van der Waals surface area contributed by atoms with E-state index in [0.717, 1.165) is 0 Å². The molecule has 0 aromatic carbocycles. The van der Waals surface area contributed by atoms with Crippen LogP contribution in [-0.2, 0) is 9.53 Å². The van der Waals surface area contributed by atoms with Crippen LogP contribution in [-0.4, -0.2) is 43.9 Å². The highest BCUT2D eigenvalue weighted by molar-refractivity contribution is 5.78. The first kappa shape index (κ1) is 14.2. The summed E-state index contributed by atoms with van der Waals surface area (Å²) in [6.45, 7) is 1.52. The molecule has 0 atom stereocenters. The van der Waals surface area contributed by atoms with Crippen molar-refractivity contribution in [2.24, 2.45) is 0 Å². The fourth-order valence-corrected chi connectivity index (χ4v) is 1.65. The molecule has 1 aliphatic rings. The molecule has 17 heavy (non-hydrogen) atoms. The summed E-state index contributed by atoms with van der Waals surface area (Å²) in [5.41, 5.74) is -0.366. The molecular formula is C10H17F3N2O2. The maximum Gasteiger partial charge on any atom is 0.401 e. The molecule has 0 aromatic heterocycles. The van der Waals surface area contributed by atoms with Gasteiger partial charge in [-0.25, -0.2) is 0 Å². The van der Waals surface area contributed by atoms with E-state index in [0.29, 0.717) is 26.1 Å². The van der Waals surface area contributed by atoms with Crippen LogP contribution in [0.2, 0.25) is 0 Å². The average molecular weight is 254 g/mol. The quantitative estimate of drug-likeness (QED) is 0.781. The summed E-state index contributed by atoms with van der Waals surface area (Å²) < 4.78 is 40.6. The second-order valence-corrected chi connectivity index (χ2v) is 4.44. The molecule has 1 heterocycles. The van der Waals surface area contributed by atoms with E-state index < -0.39 is 18.6 Å². The Bertz CT molecular complexity index is 263. The van der Waals surface area contributed by atoms with Crippen LogP contribution < -0.4 is 10.6 Å². The second-order valence-electron chi connectivity index (χ2n) is 4.44. The molecule has 2 N–H and O–H groups in total. The number of hydrogen-bond acceptors (Lipinski definition) is 3. The Hall–Kier alpha value is -0.820. The van der Waals surface area contributed by atoms with Crippen molar-refractivity contribution in [2.75, 3.05) is 26.3 Å². The van der Waals surface area contributed by atoms with E-state index >= 15 is 0 Å². The minimum atomic E-state index is -4.29. The van der Waals surface area contributed by atoms with Gasteiger partial charge in [-0.15, -0.1) is 0 Å². The first-order valence-corrected chi connectivity index (χ1v) is 5.47. The van der Waals surface area contributed by atoms with Crippen molar-refractivity contribution < 1.29 is 22.7 Å². The molecule has 4 nitrogen and oxygen atoms in total. The first-order chi connectivity index (χ1) is 7.81. The highest BCUT2D eigenvalue weighted by Crippen LogP contribution is 2.19. The standard InChI is InChI=1S/C10H17F3N2O2/c1-9(2-4-17-5-3-9)15-8(16)6-14-7-10(11,12)13/h14H,2-7H2,1H3,(H,15,16). The zero-order valence-corrected chi connectivity index (χ0v) is 9.69. The van der Waals surface area contributed by atoms with Gasteiger partial charge in [-0.3, -0.25) is 4.79 Å². The Morgan fingerprint density at radius 2 is 1.94 bits per heavy atom. The summed E-state index contributed by atoms with van der Waals surface area (Å²) in [6, 6.07) is 0. The molecule has 0 aromatic rings. The summed E-state index contributed by atoms with van der Waals surface area (Å²) in [6.07, 6.45) is -2.93. The average Bonchev–Trinajstić information content (AvgIpc) is 2.15. The number of carbonyl (C=O) groups excluding carboxylic acids is 1. The number of rotatable bonds is 4.